The molecular weight excluding hydrogens is 242 g/mol. The third-order valence-electron chi connectivity index (χ3n) is 4.65. The fourth-order valence-corrected chi connectivity index (χ4v) is 3.15. The Morgan fingerprint density at radius 1 is 1.37 bits per heavy atom. The summed E-state index contributed by atoms with van der Waals surface area (Å²) in [7, 11) is 0. The van der Waals surface area contributed by atoms with E-state index in [-0.39, 0.29) is 17.7 Å². The Hall–Kier alpha value is -1.10. The van der Waals surface area contributed by atoms with E-state index < -0.39 is 5.54 Å². The lowest BCUT2D eigenvalue weighted by Crippen LogP contribution is -2.64. The molecule has 0 aromatic carbocycles. The van der Waals surface area contributed by atoms with Crippen LogP contribution in [0.4, 0.5) is 0 Å². The van der Waals surface area contributed by atoms with Crippen molar-refractivity contribution >= 4 is 11.8 Å². The van der Waals surface area contributed by atoms with E-state index in [4.69, 9.17) is 5.73 Å². The molecule has 0 spiro atoms. The third kappa shape index (κ3) is 2.76. The van der Waals surface area contributed by atoms with Crippen molar-refractivity contribution in [2.24, 2.45) is 17.6 Å². The Kier molecular flexibility index (Phi) is 4.13. The first-order chi connectivity index (χ1) is 8.96. The normalized spacial score (nSPS) is 30.9. The summed E-state index contributed by atoms with van der Waals surface area (Å²) in [5.41, 5.74) is 4.96. The minimum atomic E-state index is -0.722. The van der Waals surface area contributed by atoms with Crippen molar-refractivity contribution < 1.29 is 9.59 Å². The number of nitrogens with one attached hydrogen (secondary N) is 1. The van der Waals surface area contributed by atoms with Crippen molar-refractivity contribution in [3.8, 4) is 0 Å². The van der Waals surface area contributed by atoms with Gasteiger partial charge < -0.3 is 16.0 Å². The number of hydrogen-bond donors (Lipinski definition) is 2. The molecule has 0 atom stereocenters. The van der Waals surface area contributed by atoms with Gasteiger partial charge in [-0.1, -0.05) is 0 Å². The highest BCUT2D eigenvalue weighted by Crippen LogP contribution is 2.31. The van der Waals surface area contributed by atoms with Gasteiger partial charge in [0, 0.05) is 19.0 Å². The van der Waals surface area contributed by atoms with E-state index in [2.05, 4.69) is 5.32 Å². The summed E-state index contributed by atoms with van der Waals surface area (Å²) in [5.74, 6) is 0.743. The number of carbonyl (C=O) groups is 2. The lowest BCUT2D eigenvalue weighted by atomic mass is 9.80. The molecule has 1 heterocycles. The first-order valence-corrected chi connectivity index (χ1v) is 7.26. The number of rotatable bonds is 2. The molecule has 0 unspecified atom stereocenters. The summed E-state index contributed by atoms with van der Waals surface area (Å²) in [6.07, 6.45) is 3.89. The summed E-state index contributed by atoms with van der Waals surface area (Å²) in [5, 5.41) is 2.83. The van der Waals surface area contributed by atoms with Gasteiger partial charge in [0.25, 0.3) is 0 Å². The average Bonchev–Trinajstić information content (AvgIpc) is 2.41. The topological polar surface area (TPSA) is 75.4 Å². The van der Waals surface area contributed by atoms with Crippen LogP contribution in [-0.2, 0) is 9.59 Å². The molecule has 2 aliphatic rings. The first-order valence-electron chi connectivity index (χ1n) is 7.26. The average molecular weight is 267 g/mol. The van der Waals surface area contributed by atoms with Crippen LogP contribution in [0, 0.1) is 11.8 Å². The largest absolute Gasteiger partial charge is 0.352 e. The molecule has 3 N–H and O–H groups in total. The minimum Gasteiger partial charge on any atom is -0.352 e. The van der Waals surface area contributed by atoms with E-state index in [1.807, 2.05) is 13.8 Å². The van der Waals surface area contributed by atoms with Gasteiger partial charge in [0.2, 0.25) is 11.8 Å². The maximum atomic E-state index is 12.6. The number of amides is 2. The van der Waals surface area contributed by atoms with Gasteiger partial charge in [-0.25, -0.2) is 0 Å². The molecule has 1 saturated carbocycles. The molecule has 5 heteroatoms. The van der Waals surface area contributed by atoms with Gasteiger partial charge in [-0.05, 0) is 52.0 Å². The van der Waals surface area contributed by atoms with Gasteiger partial charge in [-0.3, -0.25) is 9.59 Å². The molecule has 19 heavy (non-hydrogen) atoms. The van der Waals surface area contributed by atoms with Crippen LogP contribution in [0.1, 0.15) is 39.5 Å². The second kappa shape index (κ2) is 5.49. The molecule has 5 nitrogen and oxygen atoms in total. The number of hydrogen-bond acceptors (Lipinski definition) is 3. The summed E-state index contributed by atoms with van der Waals surface area (Å²) < 4.78 is 0. The summed E-state index contributed by atoms with van der Waals surface area (Å²) >= 11 is 0. The molecule has 1 saturated heterocycles. The summed E-state index contributed by atoms with van der Waals surface area (Å²) in [6, 6.07) is 0. The van der Waals surface area contributed by atoms with E-state index in [9.17, 15) is 9.59 Å². The van der Waals surface area contributed by atoms with Gasteiger partial charge >= 0.3 is 0 Å². The van der Waals surface area contributed by atoms with Crippen LogP contribution < -0.4 is 11.1 Å². The van der Waals surface area contributed by atoms with Crippen LogP contribution in [0.5, 0.6) is 0 Å². The van der Waals surface area contributed by atoms with E-state index >= 15 is 0 Å². The molecule has 108 valence electrons. The van der Waals surface area contributed by atoms with E-state index in [0.717, 1.165) is 32.2 Å². The van der Waals surface area contributed by atoms with Gasteiger partial charge in [-0.2, -0.15) is 0 Å². The van der Waals surface area contributed by atoms with Crippen LogP contribution in [0.2, 0.25) is 0 Å². The van der Waals surface area contributed by atoms with E-state index in [1.165, 1.54) is 0 Å². The molecule has 2 amide bonds. The molecule has 2 rings (SSSR count). The predicted molar refractivity (Wildman–Crippen MR) is 73.3 cm³/mol. The van der Waals surface area contributed by atoms with Crippen molar-refractivity contribution in [3.63, 3.8) is 0 Å². The van der Waals surface area contributed by atoms with Crippen LogP contribution in [0.25, 0.3) is 0 Å². The lowest BCUT2D eigenvalue weighted by molar-refractivity contribution is -0.152. The van der Waals surface area contributed by atoms with Crippen LogP contribution in [0.15, 0.2) is 0 Å². The van der Waals surface area contributed by atoms with Crippen molar-refractivity contribution in [2.75, 3.05) is 19.6 Å². The van der Waals surface area contributed by atoms with E-state index in [0.29, 0.717) is 19.0 Å². The Labute approximate surface area is 114 Å². The molecule has 2 fully saturated rings. The standard InChI is InChI=1S/C14H25N3O2/c1-14(2)13(19)16-7-8-17(14)12(18)11-5-3-10(9-15)4-6-11/h10-11H,3-9,15H2,1-2H3,(H,16,19). The monoisotopic (exact) mass is 267 g/mol. The van der Waals surface area contributed by atoms with Gasteiger partial charge in [0.15, 0.2) is 0 Å². The first kappa shape index (κ1) is 14.3. The Bertz CT molecular complexity index is 360. The highest BCUT2D eigenvalue weighted by Gasteiger charge is 2.42. The Balaban J connectivity index is 2.01. The van der Waals surface area contributed by atoms with Crippen molar-refractivity contribution in [1.82, 2.24) is 10.2 Å². The fourth-order valence-electron chi connectivity index (χ4n) is 3.15. The quantitative estimate of drug-likeness (QED) is 0.764. The third-order valence-corrected chi connectivity index (χ3v) is 4.65. The molecule has 0 radical (unpaired) electrons. The molecule has 0 aromatic rings. The zero-order chi connectivity index (χ0) is 14.0. The zero-order valence-electron chi connectivity index (χ0n) is 11.9. The molecule has 0 aromatic heterocycles. The highest BCUT2D eigenvalue weighted by atomic mass is 16.2. The number of piperazine rings is 1. The fraction of sp³-hybridized carbons (Fsp3) is 0.857. The maximum absolute atomic E-state index is 12.6. The lowest BCUT2D eigenvalue weighted by Gasteiger charge is -2.43. The second-order valence-corrected chi connectivity index (χ2v) is 6.26. The molecule has 1 aliphatic carbocycles. The van der Waals surface area contributed by atoms with Crippen molar-refractivity contribution in [2.45, 2.75) is 45.1 Å². The smallest absolute Gasteiger partial charge is 0.245 e. The summed E-state index contributed by atoms with van der Waals surface area (Å²) in [4.78, 5) is 26.3. The maximum Gasteiger partial charge on any atom is 0.245 e. The Morgan fingerprint density at radius 2 is 2.00 bits per heavy atom. The van der Waals surface area contributed by atoms with Crippen LogP contribution in [0.3, 0.4) is 0 Å². The zero-order valence-corrected chi connectivity index (χ0v) is 11.9. The highest BCUT2D eigenvalue weighted by molar-refractivity contribution is 5.92. The van der Waals surface area contributed by atoms with Crippen LogP contribution >= 0.6 is 0 Å². The van der Waals surface area contributed by atoms with Gasteiger partial charge in [-0.15, -0.1) is 0 Å². The molecular formula is C14H25N3O2. The second-order valence-electron chi connectivity index (χ2n) is 6.26. The number of nitrogens with two attached hydrogens (primary N) is 1. The summed E-state index contributed by atoms with van der Waals surface area (Å²) in [6.45, 7) is 5.55. The van der Waals surface area contributed by atoms with Crippen LogP contribution in [-0.4, -0.2) is 41.9 Å². The van der Waals surface area contributed by atoms with Crippen molar-refractivity contribution in [3.05, 3.63) is 0 Å². The number of nitrogens with zero attached hydrogens (tertiary/aromatic N) is 1. The molecule has 1 aliphatic heterocycles. The van der Waals surface area contributed by atoms with Gasteiger partial charge in [0.1, 0.15) is 5.54 Å². The molecule has 0 bridgehead atoms. The Morgan fingerprint density at radius 3 is 2.58 bits per heavy atom. The van der Waals surface area contributed by atoms with E-state index in [1.54, 1.807) is 4.90 Å². The SMILES string of the molecule is CC1(C)C(=O)NCCN1C(=O)C1CCC(CN)CC1. The van der Waals surface area contributed by atoms with Gasteiger partial charge in [0.05, 0.1) is 0 Å². The van der Waals surface area contributed by atoms with Crippen molar-refractivity contribution in [1.29, 1.82) is 0 Å². The predicted octanol–water partition coefficient (Wildman–Crippen LogP) is 0.489. The number of carbonyl (C=O) groups excluding carboxylic acids is 2. The minimum absolute atomic E-state index is 0.0530.